The molecule has 0 unspecified atom stereocenters. The summed E-state index contributed by atoms with van der Waals surface area (Å²) in [7, 11) is 0. The lowest BCUT2D eigenvalue weighted by Crippen LogP contribution is -2.25. The number of carbonyl (C=O) groups excluding carboxylic acids is 1. The maximum Gasteiger partial charge on any atom is 0.323 e. The molecule has 0 aliphatic heterocycles. The van der Waals surface area contributed by atoms with E-state index in [0.29, 0.717) is 11.1 Å². The van der Waals surface area contributed by atoms with Gasteiger partial charge in [0.05, 0.1) is 5.69 Å². The zero-order valence-corrected chi connectivity index (χ0v) is 13.4. The van der Waals surface area contributed by atoms with E-state index in [-0.39, 0.29) is 17.2 Å². The minimum atomic E-state index is -0.306. The van der Waals surface area contributed by atoms with E-state index in [4.69, 9.17) is 0 Å². The normalized spacial score (nSPS) is 12.3. The molecule has 0 bridgehead atoms. The highest BCUT2D eigenvalue weighted by atomic mass is 16.3. The number of benzene rings is 2. The smallest absolute Gasteiger partial charge is 0.323 e. The Kier molecular flexibility index (Phi) is 4.40. The van der Waals surface area contributed by atoms with Crippen molar-refractivity contribution in [2.45, 2.75) is 27.7 Å². The first kappa shape index (κ1) is 15.9. The van der Waals surface area contributed by atoms with E-state index in [1.54, 1.807) is 24.4 Å². The fourth-order valence-corrected chi connectivity index (χ4v) is 1.95. The van der Waals surface area contributed by atoms with Gasteiger partial charge >= 0.3 is 6.03 Å². The van der Waals surface area contributed by atoms with E-state index in [9.17, 15) is 9.90 Å². The van der Waals surface area contributed by atoms with E-state index in [2.05, 4.69) is 31.4 Å². The van der Waals surface area contributed by atoms with Gasteiger partial charge in [-0.15, -0.1) is 0 Å². The summed E-state index contributed by atoms with van der Waals surface area (Å²) in [4.78, 5) is 12.0. The predicted octanol–water partition coefficient (Wildman–Crippen LogP) is 4.62. The molecule has 2 rings (SSSR count). The highest BCUT2D eigenvalue weighted by molar-refractivity contribution is 6.03. The molecule has 4 heteroatoms. The number of hydrogen-bond acceptors (Lipinski definition) is 2. The van der Waals surface area contributed by atoms with Crippen LogP contribution in [0.25, 0.3) is 10.8 Å². The molecule has 0 atom stereocenters. The number of allylic oxidation sites excluding steroid dienone is 1. The van der Waals surface area contributed by atoms with Crippen LogP contribution in [0.15, 0.2) is 48.2 Å². The van der Waals surface area contributed by atoms with Crippen LogP contribution in [-0.2, 0) is 0 Å². The number of aromatic hydroxyl groups is 1. The van der Waals surface area contributed by atoms with Gasteiger partial charge in [-0.25, -0.2) is 4.79 Å². The SMILES string of the molecule is C/C(=C\NC(=O)Nc1cccc2c(O)cccc12)C(C)(C)C. The average molecular weight is 298 g/mol. The number of fused-ring (bicyclic) bond motifs is 1. The summed E-state index contributed by atoms with van der Waals surface area (Å²) in [6, 6.07) is 10.4. The molecule has 116 valence electrons. The minimum Gasteiger partial charge on any atom is -0.507 e. The highest BCUT2D eigenvalue weighted by Gasteiger charge is 2.13. The fourth-order valence-electron chi connectivity index (χ4n) is 1.95. The van der Waals surface area contributed by atoms with Crippen molar-refractivity contribution in [3.63, 3.8) is 0 Å². The van der Waals surface area contributed by atoms with Gasteiger partial charge in [0.2, 0.25) is 0 Å². The summed E-state index contributed by atoms with van der Waals surface area (Å²) in [6.07, 6.45) is 1.72. The molecule has 0 heterocycles. The topological polar surface area (TPSA) is 61.4 Å². The second-order valence-corrected chi connectivity index (χ2v) is 6.35. The minimum absolute atomic E-state index is 0.0124. The van der Waals surface area contributed by atoms with Gasteiger partial charge in [-0.3, -0.25) is 0 Å². The van der Waals surface area contributed by atoms with Crippen molar-refractivity contribution < 1.29 is 9.90 Å². The van der Waals surface area contributed by atoms with Gasteiger partial charge in [-0.05, 0) is 24.5 Å². The number of urea groups is 1. The van der Waals surface area contributed by atoms with Crippen molar-refractivity contribution >= 4 is 22.5 Å². The monoisotopic (exact) mass is 298 g/mol. The molecule has 0 aliphatic carbocycles. The van der Waals surface area contributed by atoms with Crippen LogP contribution in [0.4, 0.5) is 10.5 Å². The van der Waals surface area contributed by atoms with Crippen molar-refractivity contribution in [2.75, 3.05) is 5.32 Å². The second kappa shape index (κ2) is 6.10. The maximum absolute atomic E-state index is 12.0. The van der Waals surface area contributed by atoms with E-state index in [1.165, 1.54) is 0 Å². The lowest BCUT2D eigenvalue weighted by atomic mass is 9.88. The van der Waals surface area contributed by atoms with Crippen molar-refractivity contribution in [1.82, 2.24) is 5.32 Å². The first-order valence-corrected chi connectivity index (χ1v) is 7.24. The van der Waals surface area contributed by atoms with Crippen molar-refractivity contribution in [3.05, 3.63) is 48.2 Å². The first-order valence-electron chi connectivity index (χ1n) is 7.24. The van der Waals surface area contributed by atoms with Crippen molar-refractivity contribution in [3.8, 4) is 5.75 Å². The van der Waals surface area contributed by atoms with Gasteiger partial charge in [0.15, 0.2) is 0 Å². The van der Waals surface area contributed by atoms with Gasteiger partial charge in [0.1, 0.15) is 5.75 Å². The number of phenols is 1. The van der Waals surface area contributed by atoms with Gasteiger partial charge in [0.25, 0.3) is 0 Å². The molecule has 0 spiro atoms. The zero-order valence-electron chi connectivity index (χ0n) is 13.4. The summed E-state index contributed by atoms with van der Waals surface area (Å²) in [5, 5.41) is 16.9. The molecule has 0 fully saturated rings. The summed E-state index contributed by atoms with van der Waals surface area (Å²) >= 11 is 0. The van der Waals surface area contributed by atoms with Crippen LogP contribution >= 0.6 is 0 Å². The predicted molar refractivity (Wildman–Crippen MR) is 91.0 cm³/mol. The first-order chi connectivity index (χ1) is 10.3. The molecule has 4 nitrogen and oxygen atoms in total. The van der Waals surface area contributed by atoms with E-state index in [0.717, 1.165) is 11.0 Å². The summed E-state index contributed by atoms with van der Waals surface area (Å²) < 4.78 is 0. The van der Waals surface area contributed by atoms with Crippen LogP contribution in [0.5, 0.6) is 5.75 Å². The second-order valence-electron chi connectivity index (χ2n) is 6.35. The number of amides is 2. The molecular formula is C18H22N2O2. The van der Waals surface area contributed by atoms with Gasteiger partial charge in [0, 0.05) is 17.0 Å². The Morgan fingerprint density at radius 3 is 2.41 bits per heavy atom. The molecule has 0 aliphatic rings. The van der Waals surface area contributed by atoms with Crippen molar-refractivity contribution in [2.24, 2.45) is 5.41 Å². The van der Waals surface area contributed by atoms with E-state index < -0.39 is 0 Å². The number of rotatable bonds is 2. The van der Waals surface area contributed by atoms with Gasteiger partial charge in [-0.1, -0.05) is 50.6 Å². The standard InChI is InChI=1S/C18H22N2O2/c1-12(18(2,3)4)11-19-17(22)20-15-9-5-8-14-13(15)7-6-10-16(14)21/h5-11,21H,1-4H3,(H2,19,20,22)/b12-11+. The van der Waals surface area contributed by atoms with Crippen LogP contribution in [0.1, 0.15) is 27.7 Å². The molecule has 22 heavy (non-hydrogen) atoms. The number of hydrogen-bond donors (Lipinski definition) is 3. The van der Waals surface area contributed by atoms with Gasteiger partial charge < -0.3 is 15.7 Å². The Balaban J connectivity index is 2.18. The molecule has 2 aromatic carbocycles. The van der Waals surface area contributed by atoms with Crippen LogP contribution in [-0.4, -0.2) is 11.1 Å². The van der Waals surface area contributed by atoms with E-state index in [1.807, 2.05) is 25.1 Å². The molecule has 0 saturated heterocycles. The number of carbonyl (C=O) groups is 1. The van der Waals surface area contributed by atoms with Crippen LogP contribution in [0.2, 0.25) is 0 Å². The lowest BCUT2D eigenvalue weighted by molar-refractivity contribution is 0.255. The Hall–Kier alpha value is -2.49. The third-order valence-corrected chi connectivity index (χ3v) is 3.75. The third-order valence-electron chi connectivity index (χ3n) is 3.75. The largest absolute Gasteiger partial charge is 0.507 e. The Bertz CT molecular complexity index is 727. The molecule has 2 amide bonds. The highest BCUT2D eigenvalue weighted by Crippen LogP contribution is 2.29. The Morgan fingerprint density at radius 2 is 1.73 bits per heavy atom. The summed E-state index contributed by atoms with van der Waals surface area (Å²) in [6.45, 7) is 8.25. The quantitative estimate of drug-likeness (QED) is 0.757. The molecule has 2 aromatic rings. The van der Waals surface area contributed by atoms with Crippen LogP contribution in [0.3, 0.4) is 0 Å². The van der Waals surface area contributed by atoms with Gasteiger partial charge in [-0.2, -0.15) is 0 Å². The van der Waals surface area contributed by atoms with Crippen LogP contribution < -0.4 is 10.6 Å². The van der Waals surface area contributed by atoms with Crippen LogP contribution in [0, 0.1) is 5.41 Å². The van der Waals surface area contributed by atoms with Crippen molar-refractivity contribution in [1.29, 1.82) is 0 Å². The summed E-state index contributed by atoms with van der Waals surface area (Å²) in [5.41, 5.74) is 1.75. The molecule has 0 radical (unpaired) electrons. The number of nitrogens with one attached hydrogen (secondary N) is 2. The maximum atomic E-state index is 12.0. The summed E-state index contributed by atoms with van der Waals surface area (Å²) in [5.74, 6) is 0.199. The van der Waals surface area contributed by atoms with E-state index >= 15 is 0 Å². The molecule has 0 aromatic heterocycles. The zero-order chi connectivity index (χ0) is 16.3. The average Bonchev–Trinajstić information content (AvgIpc) is 2.45. The number of anilines is 1. The Labute approximate surface area is 130 Å². The molecule has 0 saturated carbocycles. The number of phenolic OH excluding ortho intramolecular Hbond substituents is 1. The Morgan fingerprint density at radius 1 is 1.09 bits per heavy atom. The third kappa shape index (κ3) is 3.58. The molecular weight excluding hydrogens is 276 g/mol. The fraction of sp³-hybridized carbons (Fsp3) is 0.278. The molecule has 3 N–H and O–H groups in total. The lowest BCUT2D eigenvalue weighted by Gasteiger charge is -2.19.